The lowest BCUT2D eigenvalue weighted by Crippen LogP contribution is -2.39. The van der Waals surface area contributed by atoms with E-state index in [1.807, 2.05) is 13.8 Å². The Bertz CT molecular complexity index is 442. The van der Waals surface area contributed by atoms with Crippen molar-refractivity contribution in [2.45, 2.75) is 19.9 Å². The molecule has 0 aliphatic rings. The number of anilines is 1. The Balaban J connectivity index is 2.57. The Morgan fingerprint density at radius 2 is 1.89 bits per heavy atom. The Labute approximate surface area is 111 Å². The summed E-state index contributed by atoms with van der Waals surface area (Å²) in [5.41, 5.74) is 6.30. The van der Waals surface area contributed by atoms with Crippen molar-refractivity contribution < 1.29 is 19.4 Å². The van der Waals surface area contributed by atoms with E-state index in [1.54, 1.807) is 24.3 Å². The van der Waals surface area contributed by atoms with Gasteiger partial charge in [0.25, 0.3) is 0 Å². The molecule has 1 amide bonds. The van der Waals surface area contributed by atoms with Crippen LogP contribution in [0.15, 0.2) is 24.3 Å². The summed E-state index contributed by atoms with van der Waals surface area (Å²) in [6, 6.07) is 5.85. The Hall–Kier alpha value is -2.08. The number of carboxylic acids is 1. The van der Waals surface area contributed by atoms with Gasteiger partial charge in [-0.25, -0.2) is 4.79 Å². The fraction of sp³-hybridized carbons (Fsp3) is 0.385. The van der Waals surface area contributed by atoms with Crippen LogP contribution < -0.4 is 15.8 Å². The second-order valence-electron chi connectivity index (χ2n) is 4.47. The number of benzene rings is 1. The van der Waals surface area contributed by atoms with Crippen LogP contribution in [0, 0.1) is 5.92 Å². The van der Waals surface area contributed by atoms with Crippen LogP contribution in [0.4, 0.5) is 5.69 Å². The minimum absolute atomic E-state index is 0.0539. The molecular formula is C13H18N2O4. The molecule has 1 aromatic carbocycles. The van der Waals surface area contributed by atoms with Crippen LogP contribution in [0.5, 0.6) is 5.75 Å². The third kappa shape index (κ3) is 4.97. The van der Waals surface area contributed by atoms with Crippen LogP contribution >= 0.6 is 0 Å². The van der Waals surface area contributed by atoms with E-state index >= 15 is 0 Å². The molecule has 104 valence electrons. The number of rotatable bonds is 6. The Kier molecular flexibility index (Phi) is 5.32. The largest absolute Gasteiger partial charge is 0.482 e. The van der Waals surface area contributed by atoms with Crippen LogP contribution in [0.1, 0.15) is 13.8 Å². The summed E-state index contributed by atoms with van der Waals surface area (Å²) in [6.07, 6.45) is 0. The molecule has 1 atom stereocenters. The number of hydrogen-bond donors (Lipinski definition) is 3. The average Bonchev–Trinajstić information content (AvgIpc) is 2.36. The van der Waals surface area contributed by atoms with Gasteiger partial charge < -0.3 is 20.9 Å². The Morgan fingerprint density at radius 3 is 2.37 bits per heavy atom. The topological polar surface area (TPSA) is 102 Å². The van der Waals surface area contributed by atoms with Crippen molar-refractivity contribution >= 4 is 17.6 Å². The number of nitrogens with one attached hydrogen (secondary N) is 1. The molecule has 4 N–H and O–H groups in total. The van der Waals surface area contributed by atoms with Gasteiger partial charge in [0, 0.05) is 5.69 Å². The van der Waals surface area contributed by atoms with Gasteiger partial charge in [0.15, 0.2) is 6.61 Å². The van der Waals surface area contributed by atoms with Gasteiger partial charge >= 0.3 is 5.97 Å². The highest BCUT2D eigenvalue weighted by atomic mass is 16.5. The lowest BCUT2D eigenvalue weighted by atomic mass is 10.1. The minimum Gasteiger partial charge on any atom is -0.482 e. The summed E-state index contributed by atoms with van der Waals surface area (Å²) in [5, 5.41) is 11.1. The van der Waals surface area contributed by atoms with Crippen LogP contribution in [-0.4, -0.2) is 29.6 Å². The fourth-order valence-electron chi connectivity index (χ4n) is 1.31. The van der Waals surface area contributed by atoms with Crippen LogP contribution in [-0.2, 0) is 9.59 Å². The van der Waals surface area contributed by atoms with Gasteiger partial charge in [0.2, 0.25) is 5.91 Å². The van der Waals surface area contributed by atoms with Crippen molar-refractivity contribution in [3.05, 3.63) is 24.3 Å². The van der Waals surface area contributed by atoms with Gasteiger partial charge in [-0.05, 0) is 30.2 Å². The SMILES string of the molecule is CC(C)[C@H](N)C(=O)Nc1ccc(OCC(=O)O)cc1. The number of hydrogen-bond acceptors (Lipinski definition) is 4. The van der Waals surface area contributed by atoms with Gasteiger partial charge in [0.05, 0.1) is 6.04 Å². The van der Waals surface area contributed by atoms with Crippen molar-refractivity contribution in [3.8, 4) is 5.75 Å². The molecule has 1 aromatic rings. The third-order valence-corrected chi connectivity index (χ3v) is 2.51. The fourth-order valence-corrected chi connectivity index (χ4v) is 1.31. The smallest absolute Gasteiger partial charge is 0.341 e. The maximum absolute atomic E-state index is 11.7. The first-order valence-electron chi connectivity index (χ1n) is 5.91. The first-order valence-corrected chi connectivity index (χ1v) is 5.91. The number of amides is 1. The second kappa shape index (κ2) is 6.75. The first-order chi connectivity index (χ1) is 8.90. The zero-order chi connectivity index (χ0) is 14.4. The first kappa shape index (κ1) is 15.0. The highest BCUT2D eigenvalue weighted by molar-refractivity contribution is 5.94. The van der Waals surface area contributed by atoms with Crippen molar-refractivity contribution in [2.24, 2.45) is 11.7 Å². The van der Waals surface area contributed by atoms with Crippen LogP contribution in [0.2, 0.25) is 0 Å². The zero-order valence-electron chi connectivity index (χ0n) is 10.9. The lowest BCUT2D eigenvalue weighted by molar-refractivity contribution is -0.139. The maximum Gasteiger partial charge on any atom is 0.341 e. The molecule has 0 aromatic heterocycles. The summed E-state index contributed by atoms with van der Waals surface area (Å²) in [6.45, 7) is 3.34. The number of carbonyl (C=O) groups is 2. The van der Waals surface area contributed by atoms with Crippen molar-refractivity contribution in [1.82, 2.24) is 0 Å². The predicted octanol–water partition coefficient (Wildman–Crippen LogP) is 1.07. The molecule has 0 aliphatic heterocycles. The van der Waals surface area contributed by atoms with E-state index in [1.165, 1.54) is 0 Å². The molecule has 6 heteroatoms. The van der Waals surface area contributed by atoms with E-state index in [2.05, 4.69) is 5.32 Å². The van der Waals surface area contributed by atoms with Gasteiger partial charge in [-0.2, -0.15) is 0 Å². The summed E-state index contributed by atoms with van der Waals surface area (Å²) < 4.78 is 4.98. The van der Waals surface area contributed by atoms with E-state index in [0.717, 1.165) is 0 Å². The average molecular weight is 266 g/mol. The van der Waals surface area contributed by atoms with Crippen LogP contribution in [0.3, 0.4) is 0 Å². The molecule has 0 bridgehead atoms. The quantitative estimate of drug-likeness (QED) is 0.715. The molecule has 0 heterocycles. The molecule has 0 aliphatic carbocycles. The van der Waals surface area contributed by atoms with E-state index in [9.17, 15) is 9.59 Å². The summed E-state index contributed by atoms with van der Waals surface area (Å²) >= 11 is 0. The van der Waals surface area contributed by atoms with Gasteiger partial charge in [-0.3, -0.25) is 4.79 Å². The molecule has 19 heavy (non-hydrogen) atoms. The summed E-state index contributed by atoms with van der Waals surface area (Å²) in [4.78, 5) is 22.0. The van der Waals surface area contributed by atoms with Gasteiger partial charge in [-0.15, -0.1) is 0 Å². The summed E-state index contributed by atoms with van der Waals surface area (Å²) in [7, 11) is 0. The molecule has 0 radical (unpaired) electrons. The molecule has 0 fully saturated rings. The summed E-state index contributed by atoms with van der Waals surface area (Å²) in [5.74, 6) is -0.818. The van der Waals surface area contributed by atoms with Crippen molar-refractivity contribution in [3.63, 3.8) is 0 Å². The van der Waals surface area contributed by atoms with Crippen LogP contribution in [0.25, 0.3) is 0 Å². The number of nitrogens with two attached hydrogens (primary N) is 1. The molecule has 0 saturated carbocycles. The molecule has 0 saturated heterocycles. The second-order valence-corrected chi connectivity index (χ2v) is 4.47. The predicted molar refractivity (Wildman–Crippen MR) is 71.0 cm³/mol. The van der Waals surface area contributed by atoms with E-state index in [0.29, 0.717) is 11.4 Å². The highest BCUT2D eigenvalue weighted by Gasteiger charge is 2.16. The lowest BCUT2D eigenvalue weighted by Gasteiger charge is -2.15. The van der Waals surface area contributed by atoms with Gasteiger partial charge in [0.1, 0.15) is 5.75 Å². The number of carbonyl (C=O) groups excluding carboxylic acids is 1. The van der Waals surface area contributed by atoms with Crippen molar-refractivity contribution in [2.75, 3.05) is 11.9 Å². The maximum atomic E-state index is 11.7. The van der Waals surface area contributed by atoms with Crippen molar-refractivity contribution in [1.29, 1.82) is 0 Å². The normalized spacial score (nSPS) is 12.0. The molecule has 6 nitrogen and oxygen atoms in total. The monoisotopic (exact) mass is 266 g/mol. The zero-order valence-corrected chi connectivity index (χ0v) is 10.9. The minimum atomic E-state index is -1.04. The standard InChI is InChI=1S/C13H18N2O4/c1-8(2)12(14)13(18)15-9-3-5-10(6-4-9)19-7-11(16)17/h3-6,8,12H,7,14H2,1-2H3,(H,15,18)(H,16,17)/t12-/m0/s1. The molecule has 0 spiro atoms. The highest BCUT2D eigenvalue weighted by Crippen LogP contribution is 2.16. The molecule has 0 unspecified atom stereocenters. The van der Waals surface area contributed by atoms with Gasteiger partial charge in [-0.1, -0.05) is 13.8 Å². The van der Waals surface area contributed by atoms with E-state index in [-0.39, 0.29) is 11.8 Å². The molecular weight excluding hydrogens is 248 g/mol. The molecule has 1 rings (SSSR count). The Morgan fingerprint density at radius 1 is 1.32 bits per heavy atom. The number of carboxylic acid groups (broad SMARTS) is 1. The number of aliphatic carboxylic acids is 1. The van der Waals surface area contributed by atoms with E-state index in [4.69, 9.17) is 15.6 Å². The van der Waals surface area contributed by atoms with E-state index < -0.39 is 18.6 Å². The third-order valence-electron chi connectivity index (χ3n) is 2.51. The number of ether oxygens (including phenoxy) is 1.